The Balaban J connectivity index is 1.83. The van der Waals surface area contributed by atoms with Crippen molar-refractivity contribution in [3.63, 3.8) is 0 Å². The average molecular weight is 307 g/mol. The van der Waals surface area contributed by atoms with E-state index in [1.165, 1.54) is 25.7 Å². The van der Waals surface area contributed by atoms with E-state index in [1.807, 2.05) is 11.6 Å². The Kier molecular flexibility index (Phi) is 4.17. The molecule has 0 spiro atoms. The van der Waals surface area contributed by atoms with Gasteiger partial charge in [-0.25, -0.2) is 4.68 Å². The Hall–Kier alpha value is -1.14. The van der Waals surface area contributed by atoms with Gasteiger partial charge in [-0.05, 0) is 46.0 Å². The molecule has 1 N–H and O–H groups in total. The van der Waals surface area contributed by atoms with Crippen LogP contribution in [0.2, 0.25) is 0 Å². The predicted octanol–water partition coefficient (Wildman–Crippen LogP) is 3.10. The van der Waals surface area contributed by atoms with Crippen LogP contribution in [0.3, 0.4) is 0 Å². The van der Waals surface area contributed by atoms with Crippen molar-refractivity contribution in [3.8, 4) is 0 Å². The molecule has 2 aromatic rings. The molecule has 1 aliphatic carbocycles. The molecule has 2 aromatic heterocycles. The summed E-state index contributed by atoms with van der Waals surface area (Å²) in [6.45, 7) is 7.00. The summed E-state index contributed by atoms with van der Waals surface area (Å²) in [5.41, 5.74) is 3.26. The monoisotopic (exact) mass is 307 g/mol. The number of fused-ring (bicyclic) bond motifs is 1. The van der Waals surface area contributed by atoms with Crippen LogP contribution >= 0.6 is 12.2 Å². The van der Waals surface area contributed by atoms with Crippen molar-refractivity contribution >= 4 is 23.4 Å². The fourth-order valence-corrected chi connectivity index (χ4v) is 3.75. The largest absolute Gasteiger partial charge is 0.328 e. The minimum absolute atomic E-state index is 0.756. The summed E-state index contributed by atoms with van der Waals surface area (Å²) in [5, 5.41) is 4.58. The summed E-state index contributed by atoms with van der Waals surface area (Å²) in [4.78, 5) is 5.81. The summed E-state index contributed by atoms with van der Waals surface area (Å²) < 4.78 is 5.07. The SMILES string of the molecule is CCn1nc(C)c2[nH]c(=S)n(CCN(C)C3CCCC3)c21. The van der Waals surface area contributed by atoms with E-state index in [4.69, 9.17) is 12.2 Å². The topological polar surface area (TPSA) is 41.8 Å². The Morgan fingerprint density at radius 1 is 1.38 bits per heavy atom. The number of aromatic amines is 1. The highest BCUT2D eigenvalue weighted by atomic mass is 32.1. The van der Waals surface area contributed by atoms with Crippen LogP contribution in [0.25, 0.3) is 11.2 Å². The highest BCUT2D eigenvalue weighted by molar-refractivity contribution is 7.71. The summed E-state index contributed by atoms with van der Waals surface area (Å²) in [7, 11) is 2.24. The first kappa shape index (κ1) is 14.8. The van der Waals surface area contributed by atoms with E-state index in [-0.39, 0.29) is 0 Å². The van der Waals surface area contributed by atoms with E-state index < -0.39 is 0 Å². The van der Waals surface area contributed by atoms with Gasteiger partial charge in [0.15, 0.2) is 10.4 Å². The fraction of sp³-hybridized carbons (Fsp3) is 0.733. The molecule has 3 rings (SSSR count). The summed E-state index contributed by atoms with van der Waals surface area (Å²) in [6.07, 6.45) is 5.45. The van der Waals surface area contributed by atoms with Crippen molar-refractivity contribution in [3.05, 3.63) is 10.5 Å². The molecule has 5 nitrogen and oxygen atoms in total. The van der Waals surface area contributed by atoms with Crippen molar-refractivity contribution in [1.29, 1.82) is 0 Å². The van der Waals surface area contributed by atoms with Crippen molar-refractivity contribution in [2.24, 2.45) is 0 Å². The lowest BCUT2D eigenvalue weighted by Crippen LogP contribution is -2.32. The van der Waals surface area contributed by atoms with E-state index in [1.54, 1.807) is 0 Å². The zero-order valence-electron chi connectivity index (χ0n) is 13.2. The minimum Gasteiger partial charge on any atom is -0.328 e. The molecule has 2 heterocycles. The van der Waals surface area contributed by atoms with Crippen molar-refractivity contribution in [1.82, 2.24) is 24.2 Å². The molecule has 0 aromatic carbocycles. The maximum Gasteiger partial charge on any atom is 0.179 e. The maximum absolute atomic E-state index is 5.51. The van der Waals surface area contributed by atoms with Gasteiger partial charge in [0.25, 0.3) is 0 Å². The van der Waals surface area contributed by atoms with E-state index in [2.05, 4.69) is 33.5 Å². The Labute approximate surface area is 130 Å². The molecule has 0 saturated heterocycles. The van der Waals surface area contributed by atoms with Crippen LogP contribution in [0.4, 0.5) is 0 Å². The first-order valence-corrected chi connectivity index (χ1v) is 8.38. The third-order valence-corrected chi connectivity index (χ3v) is 5.08. The number of imidazole rings is 1. The van der Waals surface area contributed by atoms with Gasteiger partial charge in [0.05, 0.1) is 5.69 Å². The van der Waals surface area contributed by atoms with Gasteiger partial charge in [-0.15, -0.1) is 0 Å². The molecule has 0 radical (unpaired) electrons. The highest BCUT2D eigenvalue weighted by Gasteiger charge is 2.20. The van der Waals surface area contributed by atoms with Crippen LogP contribution in [-0.4, -0.2) is 43.9 Å². The number of likely N-dealkylation sites (N-methyl/N-ethyl adjacent to an activating group) is 1. The molecule has 116 valence electrons. The zero-order valence-corrected chi connectivity index (χ0v) is 14.0. The van der Waals surface area contributed by atoms with Crippen LogP contribution in [0, 0.1) is 11.7 Å². The standard InChI is InChI=1S/C15H25N5S/c1-4-20-14-13(11(2)17-20)16-15(21)19(14)10-9-18(3)12-7-5-6-8-12/h12H,4-10H2,1-3H3,(H,16,21). The third kappa shape index (κ3) is 2.66. The molecule has 1 fully saturated rings. The Bertz CT molecular complexity index is 674. The molecule has 0 unspecified atom stereocenters. The van der Waals surface area contributed by atoms with E-state index in [0.717, 1.165) is 47.3 Å². The van der Waals surface area contributed by atoms with Gasteiger partial charge in [0, 0.05) is 25.7 Å². The van der Waals surface area contributed by atoms with Gasteiger partial charge in [0.2, 0.25) is 0 Å². The number of aryl methyl sites for hydroxylation is 2. The number of aromatic nitrogens is 4. The molecule has 0 atom stereocenters. The van der Waals surface area contributed by atoms with Crippen LogP contribution in [0.5, 0.6) is 0 Å². The minimum atomic E-state index is 0.756. The lowest BCUT2D eigenvalue weighted by molar-refractivity contribution is 0.236. The van der Waals surface area contributed by atoms with Gasteiger partial charge < -0.3 is 14.5 Å². The molecule has 1 saturated carbocycles. The molecular weight excluding hydrogens is 282 g/mol. The van der Waals surface area contributed by atoms with Crippen LogP contribution in [0.15, 0.2) is 0 Å². The maximum atomic E-state index is 5.51. The van der Waals surface area contributed by atoms with Crippen LogP contribution in [-0.2, 0) is 13.1 Å². The number of hydrogen-bond acceptors (Lipinski definition) is 3. The van der Waals surface area contributed by atoms with Crippen LogP contribution in [0.1, 0.15) is 38.3 Å². The molecule has 0 bridgehead atoms. The number of hydrogen-bond donors (Lipinski definition) is 1. The van der Waals surface area contributed by atoms with Gasteiger partial charge in [0.1, 0.15) is 5.52 Å². The second-order valence-corrected chi connectivity index (χ2v) is 6.49. The molecule has 0 aliphatic heterocycles. The Morgan fingerprint density at radius 2 is 2.10 bits per heavy atom. The van der Waals surface area contributed by atoms with Crippen molar-refractivity contribution in [2.75, 3.05) is 13.6 Å². The second-order valence-electron chi connectivity index (χ2n) is 6.10. The molecule has 1 aliphatic rings. The first-order chi connectivity index (χ1) is 10.1. The highest BCUT2D eigenvalue weighted by Crippen LogP contribution is 2.23. The normalized spacial score (nSPS) is 16.6. The van der Waals surface area contributed by atoms with Gasteiger partial charge in [-0.1, -0.05) is 12.8 Å². The molecule has 21 heavy (non-hydrogen) atoms. The predicted molar refractivity (Wildman–Crippen MR) is 88.2 cm³/mol. The molecule has 0 amide bonds. The van der Waals surface area contributed by atoms with Crippen molar-refractivity contribution in [2.45, 2.75) is 58.7 Å². The third-order valence-electron chi connectivity index (χ3n) is 4.76. The smallest absolute Gasteiger partial charge is 0.179 e. The zero-order chi connectivity index (χ0) is 15.0. The number of rotatable bonds is 5. The van der Waals surface area contributed by atoms with Crippen molar-refractivity contribution < 1.29 is 0 Å². The summed E-state index contributed by atoms with van der Waals surface area (Å²) in [6, 6.07) is 0.756. The van der Waals surface area contributed by atoms with Gasteiger partial charge in [-0.2, -0.15) is 5.10 Å². The van der Waals surface area contributed by atoms with E-state index in [9.17, 15) is 0 Å². The molecular formula is C15H25N5S. The van der Waals surface area contributed by atoms with E-state index in [0.29, 0.717) is 0 Å². The number of nitrogens with one attached hydrogen (secondary N) is 1. The molecule has 6 heteroatoms. The quantitative estimate of drug-likeness (QED) is 0.863. The van der Waals surface area contributed by atoms with Crippen LogP contribution < -0.4 is 0 Å². The lowest BCUT2D eigenvalue weighted by Gasteiger charge is -2.24. The second kappa shape index (κ2) is 5.93. The average Bonchev–Trinajstić information content (AvgIpc) is 3.15. The number of H-pyrrole nitrogens is 1. The van der Waals surface area contributed by atoms with Gasteiger partial charge in [-0.3, -0.25) is 0 Å². The first-order valence-electron chi connectivity index (χ1n) is 7.98. The van der Waals surface area contributed by atoms with E-state index >= 15 is 0 Å². The summed E-state index contributed by atoms with van der Waals surface area (Å²) >= 11 is 5.51. The fourth-order valence-electron chi connectivity index (χ4n) is 3.47. The lowest BCUT2D eigenvalue weighted by atomic mass is 10.2. The number of nitrogens with zero attached hydrogens (tertiary/aromatic N) is 4. The summed E-state index contributed by atoms with van der Waals surface area (Å²) in [5.74, 6) is 0. The Morgan fingerprint density at radius 3 is 2.76 bits per heavy atom. The van der Waals surface area contributed by atoms with Gasteiger partial charge >= 0.3 is 0 Å².